The smallest absolute Gasteiger partial charge is 0.220 e. The lowest BCUT2D eigenvalue weighted by molar-refractivity contribution is -0.122. The third-order valence-electron chi connectivity index (χ3n) is 4.66. The Morgan fingerprint density at radius 2 is 1.72 bits per heavy atom. The average molecular weight is 349 g/mol. The number of rotatable bonds is 12. The Morgan fingerprint density at radius 1 is 1.12 bits per heavy atom. The fraction of sp³-hybridized carbons (Fsp3) is 0.667. The molecule has 0 bridgehead atoms. The summed E-state index contributed by atoms with van der Waals surface area (Å²) < 4.78 is 5.88. The molecule has 0 unspecified atom stereocenters. The van der Waals surface area contributed by atoms with E-state index in [1.54, 1.807) is 0 Å². The third kappa shape index (κ3) is 7.91. The molecule has 142 valence electrons. The zero-order chi connectivity index (χ0) is 18.8. The Kier molecular flexibility index (Phi) is 9.58. The zero-order valence-electron chi connectivity index (χ0n) is 16.6. The number of primary amides is 1. The van der Waals surface area contributed by atoms with E-state index >= 15 is 0 Å². The summed E-state index contributed by atoms with van der Waals surface area (Å²) in [5.41, 5.74) is 6.67. The maximum Gasteiger partial charge on any atom is 0.220 e. The molecule has 0 aromatic heterocycles. The highest BCUT2D eigenvalue weighted by atomic mass is 16.5. The molecule has 1 aromatic rings. The van der Waals surface area contributed by atoms with Crippen molar-refractivity contribution in [3.8, 4) is 5.75 Å². The molecule has 25 heavy (non-hydrogen) atoms. The van der Waals surface area contributed by atoms with Gasteiger partial charge in [0.2, 0.25) is 5.91 Å². The summed E-state index contributed by atoms with van der Waals surface area (Å²) in [6.07, 6.45) is 3.70. The summed E-state index contributed by atoms with van der Waals surface area (Å²) in [7, 11) is 0. The molecule has 4 heteroatoms. The Morgan fingerprint density at radius 3 is 2.20 bits per heavy atom. The fourth-order valence-electron chi connectivity index (χ4n) is 3.18. The maximum absolute atomic E-state index is 11.6. The van der Waals surface area contributed by atoms with Crippen LogP contribution >= 0.6 is 0 Å². The second-order valence-electron chi connectivity index (χ2n) is 7.36. The molecule has 1 aromatic carbocycles. The van der Waals surface area contributed by atoms with Crippen LogP contribution in [0.15, 0.2) is 24.3 Å². The van der Waals surface area contributed by atoms with E-state index in [0.29, 0.717) is 25.1 Å². The predicted octanol–water partition coefficient (Wildman–Crippen LogP) is 4.02. The molecular formula is C21H36N2O2. The first-order valence-corrected chi connectivity index (χ1v) is 9.61. The first-order valence-electron chi connectivity index (χ1n) is 9.61. The van der Waals surface area contributed by atoms with E-state index < -0.39 is 0 Å². The van der Waals surface area contributed by atoms with Crippen LogP contribution in [-0.4, -0.2) is 36.0 Å². The highest BCUT2D eigenvalue weighted by Gasteiger charge is 2.16. The van der Waals surface area contributed by atoms with E-state index in [0.717, 1.165) is 37.1 Å². The van der Waals surface area contributed by atoms with Gasteiger partial charge in [-0.2, -0.15) is 0 Å². The van der Waals surface area contributed by atoms with Gasteiger partial charge in [-0.05, 0) is 58.2 Å². The Balaban J connectivity index is 2.51. The molecule has 0 saturated heterocycles. The molecule has 1 amide bonds. The van der Waals surface area contributed by atoms with Crippen LogP contribution in [0, 0.1) is 5.92 Å². The van der Waals surface area contributed by atoms with E-state index in [-0.39, 0.29) is 11.8 Å². The van der Waals surface area contributed by atoms with Gasteiger partial charge in [0.15, 0.2) is 0 Å². The van der Waals surface area contributed by atoms with Gasteiger partial charge in [-0.25, -0.2) is 0 Å². The fourth-order valence-corrected chi connectivity index (χ4v) is 3.18. The monoisotopic (exact) mass is 348 g/mol. The molecular weight excluding hydrogens is 312 g/mol. The van der Waals surface area contributed by atoms with Crippen molar-refractivity contribution in [2.75, 3.05) is 13.2 Å². The molecule has 1 atom stereocenters. The number of nitrogens with zero attached hydrogens (tertiary/aromatic N) is 1. The quantitative estimate of drug-likeness (QED) is 0.621. The number of hydrogen-bond acceptors (Lipinski definition) is 3. The highest BCUT2D eigenvalue weighted by Crippen LogP contribution is 2.18. The van der Waals surface area contributed by atoms with Gasteiger partial charge in [0, 0.05) is 24.5 Å². The van der Waals surface area contributed by atoms with Crippen LogP contribution in [0.1, 0.15) is 59.4 Å². The van der Waals surface area contributed by atoms with Crippen LogP contribution in [-0.2, 0) is 11.2 Å². The van der Waals surface area contributed by atoms with Gasteiger partial charge in [0.25, 0.3) is 0 Å². The number of benzene rings is 1. The summed E-state index contributed by atoms with van der Waals surface area (Å²) >= 11 is 0. The van der Waals surface area contributed by atoms with E-state index in [4.69, 9.17) is 10.5 Å². The lowest BCUT2D eigenvalue weighted by atomic mass is 9.93. The number of amides is 1. The molecule has 0 saturated carbocycles. The van der Waals surface area contributed by atoms with Crippen molar-refractivity contribution in [3.63, 3.8) is 0 Å². The maximum atomic E-state index is 11.6. The highest BCUT2D eigenvalue weighted by molar-refractivity contribution is 5.76. The van der Waals surface area contributed by atoms with Gasteiger partial charge < -0.3 is 10.5 Å². The first kappa shape index (κ1) is 21.5. The standard InChI is InChI=1S/C21H36N2O2/c1-6-7-8-19(21(22)24)15-18-9-11-20(12-10-18)25-14-13-23(16(2)3)17(4)5/h9-12,16-17,19H,6-8,13-15H2,1-5H3,(H2,22,24)/t19-/m1/s1. The van der Waals surface area contributed by atoms with Gasteiger partial charge in [0.1, 0.15) is 12.4 Å². The molecule has 0 spiro atoms. The van der Waals surface area contributed by atoms with Gasteiger partial charge >= 0.3 is 0 Å². The third-order valence-corrected chi connectivity index (χ3v) is 4.66. The lowest BCUT2D eigenvalue weighted by Crippen LogP contribution is -2.39. The SMILES string of the molecule is CCCC[C@H](Cc1ccc(OCCN(C(C)C)C(C)C)cc1)C(N)=O. The number of carbonyl (C=O) groups excluding carboxylic acids is 1. The minimum absolute atomic E-state index is 0.0719. The molecule has 0 aliphatic rings. The molecule has 0 aliphatic carbocycles. The zero-order valence-corrected chi connectivity index (χ0v) is 16.6. The van der Waals surface area contributed by atoms with Crippen LogP contribution in [0.3, 0.4) is 0 Å². The molecule has 2 N–H and O–H groups in total. The summed E-state index contributed by atoms with van der Waals surface area (Å²) in [5, 5.41) is 0. The largest absolute Gasteiger partial charge is 0.492 e. The van der Waals surface area contributed by atoms with Crippen molar-refractivity contribution < 1.29 is 9.53 Å². The van der Waals surface area contributed by atoms with E-state index in [2.05, 4.69) is 39.5 Å². The first-order chi connectivity index (χ1) is 11.8. The predicted molar refractivity (Wildman–Crippen MR) is 105 cm³/mol. The van der Waals surface area contributed by atoms with Gasteiger partial charge in [-0.15, -0.1) is 0 Å². The van der Waals surface area contributed by atoms with Crippen LogP contribution in [0.2, 0.25) is 0 Å². The van der Waals surface area contributed by atoms with E-state index in [9.17, 15) is 4.79 Å². The van der Waals surface area contributed by atoms with Crippen LogP contribution in [0.25, 0.3) is 0 Å². The number of carbonyl (C=O) groups is 1. The molecule has 1 rings (SSSR count). The molecule has 0 fully saturated rings. The van der Waals surface area contributed by atoms with Crippen molar-refractivity contribution in [2.24, 2.45) is 11.7 Å². The van der Waals surface area contributed by atoms with Crippen LogP contribution in [0.5, 0.6) is 5.75 Å². The van der Waals surface area contributed by atoms with Crippen LogP contribution in [0.4, 0.5) is 0 Å². The minimum atomic E-state index is -0.198. The summed E-state index contributed by atoms with van der Waals surface area (Å²) in [6, 6.07) is 9.09. The molecule has 0 radical (unpaired) electrons. The number of hydrogen-bond donors (Lipinski definition) is 1. The number of ether oxygens (including phenoxy) is 1. The normalized spacial score (nSPS) is 12.8. The van der Waals surface area contributed by atoms with Crippen LogP contribution < -0.4 is 10.5 Å². The number of nitrogens with two attached hydrogens (primary N) is 1. The topological polar surface area (TPSA) is 55.6 Å². The summed E-state index contributed by atoms with van der Waals surface area (Å²) in [5.74, 6) is 0.606. The van der Waals surface area contributed by atoms with Crippen molar-refractivity contribution in [3.05, 3.63) is 29.8 Å². The lowest BCUT2D eigenvalue weighted by Gasteiger charge is -2.30. The second kappa shape index (κ2) is 11.1. The molecule has 0 aliphatic heterocycles. The second-order valence-corrected chi connectivity index (χ2v) is 7.36. The van der Waals surface area contributed by atoms with E-state index in [1.807, 2.05) is 24.3 Å². The number of unbranched alkanes of at least 4 members (excludes halogenated alkanes) is 1. The summed E-state index contributed by atoms with van der Waals surface area (Å²) in [4.78, 5) is 14.0. The van der Waals surface area contributed by atoms with Crippen molar-refractivity contribution in [1.82, 2.24) is 4.90 Å². The Labute approximate surface area is 153 Å². The molecule has 0 heterocycles. The Bertz CT molecular complexity index is 489. The van der Waals surface area contributed by atoms with Crippen molar-refractivity contribution in [2.45, 2.75) is 72.4 Å². The van der Waals surface area contributed by atoms with Gasteiger partial charge in [-0.1, -0.05) is 31.9 Å². The molecule has 4 nitrogen and oxygen atoms in total. The van der Waals surface area contributed by atoms with Gasteiger partial charge in [-0.3, -0.25) is 9.69 Å². The van der Waals surface area contributed by atoms with Crippen molar-refractivity contribution in [1.29, 1.82) is 0 Å². The van der Waals surface area contributed by atoms with Crippen molar-refractivity contribution >= 4 is 5.91 Å². The minimum Gasteiger partial charge on any atom is -0.492 e. The van der Waals surface area contributed by atoms with Gasteiger partial charge in [0.05, 0.1) is 0 Å². The summed E-state index contributed by atoms with van der Waals surface area (Å²) in [6.45, 7) is 12.6. The average Bonchev–Trinajstić information content (AvgIpc) is 2.55. The van der Waals surface area contributed by atoms with E-state index in [1.165, 1.54) is 0 Å². The Hall–Kier alpha value is -1.55.